The molecule has 0 saturated carbocycles. The van der Waals surface area contributed by atoms with Gasteiger partial charge < -0.3 is 0 Å². The van der Waals surface area contributed by atoms with E-state index in [4.69, 9.17) is 4.18 Å². The number of hydrogen-bond acceptors (Lipinski definition) is 3. The van der Waals surface area contributed by atoms with Crippen LogP contribution in [0.25, 0.3) is 0 Å². The largest absolute Gasteiger partial charge is 0.296 e. The number of unbranched alkanes of at least 4 members (excludes halogenated alkanes) is 23. The van der Waals surface area contributed by atoms with Gasteiger partial charge in [0.2, 0.25) is 0 Å². The number of benzene rings is 1. The van der Waals surface area contributed by atoms with Crippen LogP contribution >= 0.6 is 7.26 Å². The molecular weight excluding hydrogens is 640 g/mol. The Bertz CT molecular complexity index is 867. The fourth-order valence-corrected chi connectivity index (χ4v) is 13.0. The monoisotopic (exact) mass is 726 g/mol. The van der Waals surface area contributed by atoms with Gasteiger partial charge in [-0.25, -0.2) is 0 Å². The smallest absolute Gasteiger partial charge is 0.266 e. The molecule has 49 heavy (non-hydrogen) atoms. The van der Waals surface area contributed by atoms with E-state index < -0.39 is 17.4 Å². The van der Waals surface area contributed by atoms with Crippen molar-refractivity contribution in [3.05, 3.63) is 30.3 Å². The van der Waals surface area contributed by atoms with Crippen LogP contribution in [0, 0.1) is 0 Å². The Morgan fingerprint density at radius 3 is 1.08 bits per heavy atom. The Kier molecular flexibility index (Phi) is 35.6. The molecule has 1 aromatic carbocycles. The van der Waals surface area contributed by atoms with Gasteiger partial charge in [0, 0.05) is 7.26 Å². The predicted molar refractivity (Wildman–Crippen MR) is 224 cm³/mol. The van der Waals surface area contributed by atoms with E-state index >= 15 is 0 Å². The highest BCUT2D eigenvalue weighted by atomic mass is 32.2. The molecule has 0 amide bonds. The van der Waals surface area contributed by atoms with E-state index in [1.165, 1.54) is 161 Å². The summed E-state index contributed by atoms with van der Waals surface area (Å²) in [7, 11) is -4.20. The second-order valence-electron chi connectivity index (χ2n) is 15.0. The van der Waals surface area contributed by atoms with Crippen molar-refractivity contribution >= 4 is 17.4 Å². The Morgan fingerprint density at radius 2 is 0.714 bits per heavy atom. The zero-order valence-corrected chi connectivity index (χ0v) is 35.5. The van der Waals surface area contributed by atoms with Gasteiger partial charge in [-0.3, -0.25) is 4.18 Å². The van der Waals surface area contributed by atoms with Crippen LogP contribution in [0.2, 0.25) is 0 Å². The Labute approximate surface area is 309 Å². The minimum atomic E-state index is -3.57. The maximum atomic E-state index is 11.9. The van der Waals surface area contributed by atoms with Crippen LogP contribution in [0.4, 0.5) is 0 Å². The molecule has 0 aliphatic rings. The molecule has 0 fully saturated rings. The summed E-state index contributed by atoms with van der Waals surface area (Å²) in [6.07, 6.45) is 45.2. The van der Waals surface area contributed by atoms with Crippen molar-refractivity contribution in [2.45, 2.75) is 219 Å². The number of hydrogen-bond donors (Lipinski definition) is 0. The van der Waals surface area contributed by atoms with Crippen LogP contribution in [-0.2, 0) is 14.3 Å². The minimum Gasteiger partial charge on any atom is -0.266 e. The lowest BCUT2D eigenvalue weighted by atomic mass is 10.1. The normalized spacial score (nSPS) is 11.9. The standard InChI is InChI=1S/C26H56P.C18H30O3S/c1-5-9-13-14-15-16-17-18-19-20-21-22-26-27(23-10-6-2,24-11-7-3)25-12-8-4;1-2-3-4-5-6-7-8-9-10-14-17-21-22(19,20)18-15-12-11-13-16-18/h5-26H2,1-4H3;11-13,15-16H,2-10,14,17H2,1H3/q+1;. The first-order chi connectivity index (χ1) is 23.9. The summed E-state index contributed by atoms with van der Waals surface area (Å²) in [6, 6.07) is 8.33. The van der Waals surface area contributed by atoms with E-state index in [0.29, 0.717) is 0 Å². The summed E-state index contributed by atoms with van der Waals surface area (Å²) >= 11 is 0. The van der Waals surface area contributed by atoms with E-state index in [9.17, 15) is 8.42 Å². The Balaban J connectivity index is 0.000000958. The topological polar surface area (TPSA) is 43.4 Å². The van der Waals surface area contributed by atoms with Gasteiger partial charge in [0.05, 0.1) is 36.2 Å². The van der Waals surface area contributed by atoms with E-state index in [1.807, 2.05) is 0 Å². The van der Waals surface area contributed by atoms with Crippen molar-refractivity contribution in [1.29, 1.82) is 0 Å². The third-order valence-electron chi connectivity index (χ3n) is 10.2. The molecule has 0 N–H and O–H groups in total. The molecular formula is C44H86O3PS+. The fraction of sp³-hybridized carbons (Fsp3) is 0.864. The molecule has 3 nitrogen and oxygen atoms in total. The molecule has 0 aliphatic heterocycles. The first kappa shape index (κ1) is 48.6. The van der Waals surface area contributed by atoms with E-state index in [0.717, 1.165) is 12.8 Å². The van der Waals surface area contributed by atoms with Crippen molar-refractivity contribution in [2.75, 3.05) is 31.3 Å². The van der Waals surface area contributed by atoms with Crippen molar-refractivity contribution < 1.29 is 12.6 Å². The molecule has 0 aliphatic carbocycles. The summed E-state index contributed by atoms with van der Waals surface area (Å²) in [4.78, 5) is 0.238. The molecule has 0 radical (unpaired) electrons. The fourth-order valence-electron chi connectivity index (χ4n) is 6.85. The maximum absolute atomic E-state index is 11.9. The highest BCUT2D eigenvalue weighted by Crippen LogP contribution is 2.61. The zero-order chi connectivity index (χ0) is 36.2. The van der Waals surface area contributed by atoms with Crippen LogP contribution < -0.4 is 0 Å². The van der Waals surface area contributed by atoms with Gasteiger partial charge in [-0.1, -0.05) is 194 Å². The lowest BCUT2D eigenvalue weighted by Crippen LogP contribution is -2.13. The van der Waals surface area contributed by atoms with Gasteiger partial charge in [-0.05, 0) is 50.7 Å². The summed E-state index contributed by atoms with van der Waals surface area (Å²) in [5, 5.41) is 0. The first-order valence-electron chi connectivity index (χ1n) is 21.7. The van der Waals surface area contributed by atoms with E-state index in [1.54, 1.807) is 61.4 Å². The molecule has 5 heteroatoms. The quantitative estimate of drug-likeness (QED) is 0.0397. The molecule has 0 saturated heterocycles. The Hall–Kier alpha value is -0.440. The van der Waals surface area contributed by atoms with E-state index in [2.05, 4.69) is 34.6 Å². The average Bonchev–Trinajstić information content (AvgIpc) is 3.12. The molecule has 0 heterocycles. The molecule has 0 bridgehead atoms. The van der Waals surface area contributed by atoms with Gasteiger partial charge in [-0.2, -0.15) is 8.42 Å². The summed E-state index contributed by atoms with van der Waals surface area (Å²) < 4.78 is 28.8. The molecule has 1 aromatic rings. The van der Waals surface area contributed by atoms with Crippen molar-refractivity contribution in [1.82, 2.24) is 0 Å². The van der Waals surface area contributed by atoms with Crippen molar-refractivity contribution in [3.8, 4) is 0 Å². The average molecular weight is 726 g/mol. The summed E-state index contributed by atoms with van der Waals surface area (Å²) in [5.74, 6) is 0. The van der Waals surface area contributed by atoms with Gasteiger partial charge >= 0.3 is 0 Å². The molecule has 0 spiro atoms. The number of rotatable bonds is 35. The molecule has 0 atom stereocenters. The molecule has 0 aromatic heterocycles. The van der Waals surface area contributed by atoms with Gasteiger partial charge in [0.15, 0.2) is 0 Å². The van der Waals surface area contributed by atoms with Crippen LogP contribution in [0.1, 0.15) is 214 Å². The van der Waals surface area contributed by atoms with Gasteiger partial charge in [-0.15, -0.1) is 0 Å². The lowest BCUT2D eigenvalue weighted by Gasteiger charge is -2.28. The zero-order valence-electron chi connectivity index (χ0n) is 33.8. The molecule has 1 rings (SSSR count). The highest BCUT2D eigenvalue weighted by molar-refractivity contribution is 7.86. The van der Waals surface area contributed by atoms with Crippen LogP contribution in [0.5, 0.6) is 0 Å². The predicted octanol–water partition coefficient (Wildman–Crippen LogP) is 15.4. The summed E-state index contributed by atoms with van der Waals surface area (Å²) in [5.41, 5.74) is 0. The molecule has 0 unspecified atom stereocenters. The van der Waals surface area contributed by atoms with Gasteiger partial charge in [0.25, 0.3) is 10.1 Å². The third-order valence-corrected chi connectivity index (χ3v) is 16.6. The van der Waals surface area contributed by atoms with Crippen LogP contribution in [0.15, 0.2) is 35.2 Å². The van der Waals surface area contributed by atoms with Crippen LogP contribution in [-0.4, -0.2) is 39.7 Å². The Morgan fingerprint density at radius 1 is 0.408 bits per heavy atom. The minimum absolute atomic E-state index is 0.238. The van der Waals surface area contributed by atoms with Gasteiger partial charge in [0.1, 0.15) is 0 Å². The second kappa shape index (κ2) is 35.9. The maximum Gasteiger partial charge on any atom is 0.296 e. The third kappa shape index (κ3) is 29.8. The van der Waals surface area contributed by atoms with E-state index in [-0.39, 0.29) is 11.5 Å². The lowest BCUT2D eigenvalue weighted by molar-refractivity contribution is 0.306. The van der Waals surface area contributed by atoms with Crippen molar-refractivity contribution in [3.63, 3.8) is 0 Å². The van der Waals surface area contributed by atoms with Crippen molar-refractivity contribution in [2.24, 2.45) is 0 Å². The highest BCUT2D eigenvalue weighted by Gasteiger charge is 2.34. The molecule has 290 valence electrons. The first-order valence-corrected chi connectivity index (χ1v) is 25.6. The SMILES string of the molecule is CCCCCCCCCCCCCC[P+](CCCC)(CCCC)CCCC.CCCCCCCCCCCCOS(=O)(=O)c1ccccc1. The van der Waals surface area contributed by atoms with Crippen LogP contribution in [0.3, 0.4) is 0 Å². The summed E-state index contributed by atoms with van der Waals surface area (Å²) in [6.45, 7) is 12.0. The second-order valence-corrected chi connectivity index (χ2v) is 21.0.